The van der Waals surface area contributed by atoms with Crippen LogP contribution in [0.1, 0.15) is 24.2 Å². The summed E-state index contributed by atoms with van der Waals surface area (Å²) in [6.45, 7) is 2.28. The van der Waals surface area contributed by atoms with Gasteiger partial charge in [0.25, 0.3) is 0 Å². The molecule has 3 nitrogen and oxygen atoms in total. The first-order valence-corrected chi connectivity index (χ1v) is 5.33. The van der Waals surface area contributed by atoms with Crippen molar-refractivity contribution in [3.05, 3.63) is 29.1 Å². The van der Waals surface area contributed by atoms with Crippen LogP contribution in [0.15, 0.2) is 12.1 Å². The van der Waals surface area contributed by atoms with Gasteiger partial charge in [-0.1, -0.05) is 6.92 Å². The molecule has 0 bridgehead atoms. The smallest absolute Gasteiger partial charge is 0.130 e. The number of methoxy groups -OCH3 is 1. The lowest BCUT2D eigenvalue weighted by atomic mass is 10.0. The average Bonchev–Trinajstić information content (AvgIpc) is 2.28. The Labute approximate surface area is 95.2 Å². The van der Waals surface area contributed by atoms with Crippen molar-refractivity contribution in [2.75, 3.05) is 20.7 Å². The highest BCUT2D eigenvalue weighted by molar-refractivity contribution is 5.40. The number of aliphatic hydroxyl groups is 1. The summed E-state index contributed by atoms with van der Waals surface area (Å²) in [5.74, 6) is 0.0946. The van der Waals surface area contributed by atoms with Crippen molar-refractivity contribution in [3.63, 3.8) is 0 Å². The van der Waals surface area contributed by atoms with Crippen molar-refractivity contribution in [1.29, 1.82) is 0 Å². The van der Waals surface area contributed by atoms with Crippen molar-refractivity contribution in [2.45, 2.75) is 19.4 Å². The summed E-state index contributed by atoms with van der Waals surface area (Å²) in [6.07, 6.45) is -0.0967. The Morgan fingerprint density at radius 1 is 1.50 bits per heavy atom. The molecule has 1 unspecified atom stereocenters. The number of aryl methyl sites for hydroxylation is 1. The van der Waals surface area contributed by atoms with E-state index in [1.54, 1.807) is 13.1 Å². The minimum atomic E-state index is -0.689. The van der Waals surface area contributed by atoms with Crippen LogP contribution in [0.5, 0.6) is 5.75 Å². The van der Waals surface area contributed by atoms with E-state index in [9.17, 15) is 9.50 Å². The van der Waals surface area contributed by atoms with E-state index >= 15 is 0 Å². The van der Waals surface area contributed by atoms with Crippen LogP contribution in [0.2, 0.25) is 0 Å². The van der Waals surface area contributed by atoms with Gasteiger partial charge in [0.05, 0.1) is 13.2 Å². The summed E-state index contributed by atoms with van der Waals surface area (Å²) in [4.78, 5) is 0. The van der Waals surface area contributed by atoms with Crippen LogP contribution in [0.25, 0.3) is 0 Å². The molecule has 4 heteroatoms. The van der Waals surface area contributed by atoms with Crippen molar-refractivity contribution in [1.82, 2.24) is 5.32 Å². The van der Waals surface area contributed by atoms with Gasteiger partial charge in [-0.2, -0.15) is 0 Å². The number of likely N-dealkylation sites (N-methyl/N-ethyl adjacent to an activating group) is 1. The molecular formula is C12H18FNO2. The van der Waals surface area contributed by atoms with Crippen LogP contribution >= 0.6 is 0 Å². The number of nitrogens with one attached hydrogen (secondary N) is 1. The summed E-state index contributed by atoms with van der Waals surface area (Å²) in [6, 6.07) is 2.99. The molecule has 0 amide bonds. The van der Waals surface area contributed by atoms with E-state index in [4.69, 9.17) is 4.74 Å². The SMILES string of the molecule is CCc1cc(C(O)CNC)c(OC)cc1F. The van der Waals surface area contributed by atoms with Gasteiger partial charge in [-0.15, -0.1) is 0 Å². The zero-order valence-electron chi connectivity index (χ0n) is 9.88. The molecule has 0 saturated carbocycles. The monoisotopic (exact) mass is 227 g/mol. The normalized spacial score (nSPS) is 12.6. The number of hydrogen-bond acceptors (Lipinski definition) is 3. The molecule has 0 aliphatic heterocycles. The third-order valence-electron chi connectivity index (χ3n) is 2.54. The molecule has 0 aliphatic rings. The number of ether oxygens (including phenoxy) is 1. The highest BCUT2D eigenvalue weighted by atomic mass is 19.1. The van der Waals surface area contributed by atoms with Crippen LogP contribution in [-0.4, -0.2) is 25.8 Å². The van der Waals surface area contributed by atoms with Crippen LogP contribution in [-0.2, 0) is 6.42 Å². The fraction of sp³-hybridized carbons (Fsp3) is 0.500. The minimum Gasteiger partial charge on any atom is -0.496 e. The molecule has 90 valence electrons. The van der Waals surface area contributed by atoms with E-state index in [1.807, 2.05) is 6.92 Å². The van der Waals surface area contributed by atoms with Gasteiger partial charge >= 0.3 is 0 Å². The molecule has 0 radical (unpaired) electrons. The third kappa shape index (κ3) is 2.71. The van der Waals surface area contributed by atoms with Gasteiger partial charge in [0.2, 0.25) is 0 Å². The average molecular weight is 227 g/mol. The lowest BCUT2D eigenvalue weighted by molar-refractivity contribution is 0.173. The molecule has 1 aromatic rings. The third-order valence-corrected chi connectivity index (χ3v) is 2.54. The fourth-order valence-electron chi connectivity index (χ4n) is 1.63. The second-order valence-electron chi connectivity index (χ2n) is 3.61. The van der Waals surface area contributed by atoms with E-state index in [2.05, 4.69) is 5.32 Å². The Hall–Kier alpha value is -1.13. The number of hydrogen-bond donors (Lipinski definition) is 2. The molecule has 0 aliphatic carbocycles. The molecule has 0 aromatic heterocycles. The lowest BCUT2D eigenvalue weighted by Crippen LogP contribution is -2.17. The van der Waals surface area contributed by atoms with E-state index < -0.39 is 6.10 Å². The molecule has 1 rings (SSSR count). The first-order chi connectivity index (χ1) is 7.63. The summed E-state index contributed by atoms with van der Waals surface area (Å²) in [7, 11) is 3.22. The van der Waals surface area contributed by atoms with E-state index in [1.165, 1.54) is 13.2 Å². The second kappa shape index (κ2) is 5.82. The maximum Gasteiger partial charge on any atom is 0.130 e. The predicted octanol–water partition coefficient (Wildman–Crippen LogP) is 1.65. The summed E-state index contributed by atoms with van der Waals surface area (Å²) >= 11 is 0. The maximum atomic E-state index is 13.5. The molecule has 0 spiro atoms. The quantitative estimate of drug-likeness (QED) is 0.803. The summed E-state index contributed by atoms with van der Waals surface area (Å²) in [5, 5.41) is 12.7. The Morgan fingerprint density at radius 3 is 2.69 bits per heavy atom. The zero-order valence-corrected chi connectivity index (χ0v) is 9.88. The minimum absolute atomic E-state index is 0.292. The summed E-state index contributed by atoms with van der Waals surface area (Å²) < 4.78 is 18.6. The maximum absolute atomic E-state index is 13.5. The van der Waals surface area contributed by atoms with Crippen LogP contribution in [0.3, 0.4) is 0 Å². The molecule has 2 N–H and O–H groups in total. The highest BCUT2D eigenvalue weighted by Gasteiger charge is 2.15. The van der Waals surface area contributed by atoms with Crippen LogP contribution in [0.4, 0.5) is 4.39 Å². The van der Waals surface area contributed by atoms with Gasteiger partial charge in [0.1, 0.15) is 11.6 Å². The summed E-state index contributed by atoms with van der Waals surface area (Å²) in [5.41, 5.74) is 1.21. The molecule has 0 saturated heterocycles. The predicted molar refractivity (Wildman–Crippen MR) is 61.2 cm³/mol. The second-order valence-corrected chi connectivity index (χ2v) is 3.61. The first kappa shape index (κ1) is 12.9. The molecule has 0 heterocycles. The van der Waals surface area contributed by atoms with Gasteiger partial charge in [0.15, 0.2) is 0 Å². The van der Waals surface area contributed by atoms with Gasteiger partial charge in [-0.25, -0.2) is 4.39 Å². The standard InChI is InChI=1S/C12H18FNO2/c1-4-8-5-9(11(15)7-14-2)12(16-3)6-10(8)13/h5-6,11,14-15H,4,7H2,1-3H3. The van der Waals surface area contributed by atoms with Crippen molar-refractivity contribution >= 4 is 0 Å². The highest BCUT2D eigenvalue weighted by Crippen LogP contribution is 2.28. The Kier molecular flexibility index (Phi) is 4.71. The van der Waals surface area contributed by atoms with Gasteiger partial charge < -0.3 is 15.2 Å². The Balaban J connectivity index is 3.13. The van der Waals surface area contributed by atoms with E-state index in [0.717, 1.165) is 0 Å². The number of rotatable bonds is 5. The fourth-order valence-corrected chi connectivity index (χ4v) is 1.63. The van der Waals surface area contributed by atoms with Crippen molar-refractivity contribution < 1.29 is 14.2 Å². The van der Waals surface area contributed by atoms with E-state index in [0.29, 0.717) is 29.8 Å². The lowest BCUT2D eigenvalue weighted by Gasteiger charge is -2.16. The topological polar surface area (TPSA) is 41.5 Å². The number of aliphatic hydroxyl groups excluding tert-OH is 1. The van der Waals surface area contributed by atoms with E-state index in [-0.39, 0.29) is 5.82 Å². The van der Waals surface area contributed by atoms with Crippen molar-refractivity contribution in [3.8, 4) is 5.75 Å². The largest absolute Gasteiger partial charge is 0.496 e. The van der Waals surface area contributed by atoms with Crippen LogP contribution < -0.4 is 10.1 Å². The number of halogens is 1. The molecule has 0 fully saturated rings. The van der Waals surface area contributed by atoms with Crippen molar-refractivity contribution in [2.24, 2.45) is 0 Å². The number of benzene rings is 1. The zero-order chi connectivity index (χ0) is 12.1. The molecule has 16 heavy (non-hydrogen) atoms. The van der Waals surface area contributed by atoms with Gasteiger partial charge in [0, 0.05) is 18.2 Å². The molecular weight excluding hydrogens is 209 g/mol. The van der Waals surface area contributed by atoms with Crippen LogP contribution in [0, 0.1) is 5.82 Å². The molecule has 1 aromatic carbocycles. The van der Waals surface area contributed by atoms with Gasteiger partial charge in [-0.05, 0) is 25.1 Å². The Morgan fingerprint density at radius 2 is 2.19 bits per heavy atom. The Bertz CT molecular complexity index is 355. The first-order valence-electron chi connectivity index (χ1n) is 5.33. The van der Waals surface area contributed by atoms with Gasteiger partial charge in [-0.3, -0.25) is 0 Å². The molecule has 1 atom stereocenters.